The van der Waals surface area contributed by atoms with Crippen LogP contribution in [-0.2, 0) is 6.42 Å². The normalized spacial score (nSPS) is 16.2. The number of H-pyrrole nitrogens is 1. The number of rotatable bonds is 3. The Morgan fingerprint density at radius 2 is 2.17 bits per heavy atom. The number of hydrogen-bond donors (Lipinski definition) is 1. The van der Waals surface area contributed by atoms with Crippen LogP contribution in [0.15, 0.2) is 53.7 Å². The molecular formula is C19H14ClN9O. The van der Waals surface area contributed by atoms with Crippen molar-refractivity contribution in [3.05, 3.63) is 71.4 Å². The highest BCUT2D eigenvalue weighted by atomic mass is 35.5. The van der Waals surface area contributed by atoms with Crippen LogP contribution in [0.4, 0.5) is 6.01 Å². The molecule has 1 atom stereocenters. The Hall–Kier alpha value is -3.79. The highest BCUT2D eigenvalue weighted by molar-refractivity contribution is 6.33. The van der Waals surface area contributed by atoms with E-state index in [9.17, 15) is 0 Å². The van der Waals surface area contributed by atoms with Gasteiger partial charge in [-0.05, 0) is 24.3 Å². The third kappa shape index (κ3) is 2.65. The van der Waals surface area contributed by atoms with Gasteiger partial charge >= 0.3 is 6.01 Å². The molecule has 1 N–H and O–H groups in total. The smallest absolute Gasteiger partial charge is 0.319 e. The first-order chi connectivity index (χ1) is 14.8. The van der Waals surface area contributed by atoms with E-state index in [1.807, 2.05) is 29.3 Å². The lowest BCUT2D eigenvalue weighted by atomic mass is 10.0. The van der Waals surface area contributed by atoms with Gasteiger partial charge in [-0.15, -0.1) is 5.10 Å². The molecule has 1 aliphatic heterocycles. The Balaban J connectivity index is 1.46. The van der Waals surface area contributed by atoms with E-state index >= 15 is 0 Å². The average Bonchev–Trinajstić information content (AvgIpc) is 3.52. The summed E-state index contributed by atoms with van der Waals surface area (Å²) in [6.07, 6.45) is 7.41. The molecule has 6 rings (SSSR count). The van der Waals surface area contributed by atoms with Gasteiger partial charge in [-0.1, -0.05) is 16.7 Å². The zero-order valence-corrected chi connectivity index (χ0v) is 16.2. The number of aromatic amines is 1. The fourth-order valence-electron chi connectivity index (χ4n) is 3.77. The largest absolute Gasteiger partial charge is 0.402 e. The molecule has 0 saturated carbocycles. The van der Waals surface area contributed by atoms with Crippen LogP contribution in [0.5, 0.6) is 0 Å². The number of aromatic nitrogens is 8. The van der Waals surface area contributed by atoms with Crippen LogP contribution >= 0.6 is 11.6 Å². The summed E-state index contributed by atoms with van der Waals surface area (Å²) in [6, 6.07) is 7.47. The quantitative estimate of drug-likeness (QED) is 0.474. The molecule has 0 bridgehead atoms. The van der Waals surface area contributed by atoms with Gasteiger partial charge in [-0.25, -0.2) is 19.5 Å². The summed E-state index contributed by atoms with van der Waals surface area (Å²) in [6.45, 7) is 0.660. The molecule has 10 nitrogen and oxygen atoms in total. The highest BCUT2D eigenvalue weighted by Gasteiger charge is 2.36. The summed E-state index contributed by atoms with van der Waals surface area (Å²) in [4.78, 5) is 17.9. The predicted molar refractivity (Wildman–Crippen MR) is 107 cm³/mol. The van der Waals surface area contributed by atoms with Crippen molar-refractivity contribution in [2.24, 2.45) is 0 Å². The molecule has 6 heterocycles. The zero-order chi connectivity index (χ0) is 20.1. The Bertz CT molecular complexity index is 1340. The maximum Gasteiger partial charge on any atom is 0.319 e. The van der Waals surface area contributed by atoms with E-state index in [0.717, 1.165) is 29.0 Å². The minimum absolute atomic E-state index is 0.297. The zero-order valence-electron chi connectivity index (χ0n) is 15.5. The molecule has 148 valence electrons. The molecule has 0 spiro atoms. The maximum atomic E-state index is 6.36. The number of nitrogens with zero attached hydrogens (tertiary/aromatic N) is 8. The number of hydrogen-bond acceptors (Lipinski definition) is 8. The molecule has 0 fully saturated rings. The summed E-state index contributed by atoms with van der Waals surface area (Å²) < 4.78 is 7.73. The summed E-state index contributed by atoms with van der Waals surface area (Å²) in [7, 11) is 0. The monoisotopic (exact) mass is 419 g/mol. The average molecular weight is 420 g/mol. The molecule has 0 radical (unpaired) electrons. The highest BCUT2D eigenvalue weighted by Crippen LogP contribution is 2.37. The van der Waals surface area contributed by atoms with E-state index in [1.54, 1.807) is 23.1 Å². The molecule has 5 aromatic rings. The van der Waals surface area contributed by atoms with Gasteiger partial charge in [-0.3, -0.25) is 0 Å². The van der Waals surface area contributed by atoms with E-state index < -0.39 is 0 Å². The van der Waals surface area contributed by atoms with Crippen molar-refractivity contribution in [1.82, 2.24) is 39.7 Å². The minimum Gasteiger partial charge on any atom is -0.402 e. The number of nitrogens with one attached hydrogen (secondary N) is 1. The first-order valence-electron chi connectivity index (χ1n) is 9.30. The van der Waals surface area contributed by atoms with Crippen molar-refractivity contribution in [2.75, 3.05) is 11.4 Å². The molecule has 30 heavy (non-hydrogen) atoms. The molecule has 0 aromatic carbocycles. The van der Waals surface area contributed by atoms with Gasteiger partial charge < -0.3 is 14.3 Å². The Morgan fingerprint density at radius 1 is 1.20 bits per heavy atom. The summed E-state index contributed by atoms with van der Waals surface area (Å²) in [5, 5.41) is 13.8. The SMILES string of the molecule is Clc1cccn2nc(C3c4nc[nH]c4CCN3c3nnc(-c4ccncn4)o3)cc12. The van der Waals surface area contributed by atoms with Crippen LogP contribution in [0.3, 0.4) is 0 Å². The fraction of sp³-hybridized carbons (Fsp3) is 0.158. The lowest BCUT2D eigenvalue weighted by molar-refractivity contribution is 0.502. The van der Waals surface area contributed by atoms with Crippen molar-refractivity contribution < 1.29 is 4.42 Å². The van der Waals surface area contributed by atoms with Crippen LogP contribution in [0.2, 0.25) is 5.02 Å². The second kappa shape index (κ2) is 6.63. The van der Waals surface area contributed by atoms with Crippen LogP contribution in [-0.4, -0.2) is 46.3 Å². The molecular weight excluding hydrogens is 406 g/mol. The minimum atomic E-state index is -0.297. The molecule has 0 amide bonds. The van der Waals surface area contributed by atoms with Crippen molar-refractivity contribution >= 4 is 23.1 Å². The van der Waals surface area contributed by atoms with Crippen LogP contribution in [0.1, 0.15) is 23.1 Å². The third-order valence-electron chi connectivity index (χ3n) is 5.14. The van der Waals surface area contributed by atoms with Crippen molar-refractivity contribution in [3.8, 4) is 11.6 Å². The van der Waals surface area contributed by atoms with Gasteiger partial charge in [0.15, 0.2) is 0 Å². The summed E-state index contributed by atoms with van der Waals surface area (Å²) in [5.74, 6) is 0.331. The van der Waals surface area contributed by atoms with Crippen molar-refractivity contribution in [2.45, 2.75) is 12.5 Å². The fourth-order valence-corrected chi connectivity index (χ4v) is 3.98. The molecule has 11 heteroatoms. The molecule has 0 aliphatic carbocycles. The van der Waals surface area contributed by atoms with Gasteiger partial charge in [0.2, 0.25) is 0 Å². The van der Waals surface area contributed by atoms with Crippen LogP contribution in [0, 0.1) is 0 Å². The second-order valence-corrected chi connectivity index (χ2v) is 7.26. The Kier molecular flexibility index (Phi) is 3.78. The third-order valence-corrected chi connectivity index (χ3v) is 5.46. The molecule has 1 aliphatic rings. The van der Waals surface area contributed by atoms with E-state index in [1.165, 1.54) is 6.33 Å². The summed E-state index contributed by atoms with van der Waals surface area (Å²) in [5.41, 5.74) is 4.12. The van der Waals surface area contributed by atoms with Gasteiger partial charge in [0.25, 0.3) is 5.89 Å². The Morgan fingerprint density at radius 3 is 3.03 bits per heavy atom. The second-order valence-electron chi connectivity index (χ2n) is 6.85. The van der Waals surface area contributed by atoms with Crippen LogP contribution in [0.25, 0.3) is 17.1 Å². The topological polar surface area (TPSA) is 114 Å². The Labute approximate surface area is 174 Å². The van der Waals surface area contributed by atoms with Gasteiger partial charge in [0.05, 0.1) is 28.3 Å². The molecule has 0 saturated heterocycles. The number of halogens is 1. The van der Waals surface area contributed by atoms with Crippen molar-refractivity contribution in [1.29, 1.82) is 0 Å². The van der Waals surface area contributed by atoms with E-state index in [0.29, 0.717) is 29.2 Å². The van der Waals surface area contributed by atoms with Gasteiger partial charge in [0, 0.05) is 31.1 Å². The first-order valence-corrected chi connectivity index (χ1v) is 9.68. The number of pyridine rings is 1. The van der Waals surface area contributed by atoms with E-state index in [-0.39, 0.29) is 6.04 Å². The van der Waals surface area contributed by atoms with Crippen LogP contribution < -0.4 is 4.90 Å². The lowest BCUT2D eigenvalue weighted by Gasteiger charge is -2.32. The van der Waals surface area contributed by atoms with Crippen molar-refractivity contribution in [3.63, 3.8) is 0 Å². The van der Waals surface area contributed by atoms with Gasteiger partial charge in [0.1, 0.15) is 18.1 Å². The first kappa shape index (κ1) is 17.1. The maximum absolute atomic E-state index is 6.36. The number of imidazole rings is 1. The predicted octanol–water partition coefficient (Wildman–Crippen LogP) is 2.70. The molecule has 5 aromatic heterocycles. The van der Waals surface area contributed by atoms with E-state index in [4.69, 9.17) is 21.1 Å². The van der Waals surface area contributed by atoms with E-state index in [2.05, 4.69) is 30.1 Å². The summed E-state index contributed by atoms with van der Waals surface area (Å²) >= 11 is 6.36. The number of fused-ring (bicyclic) bond motifs is 2. The lowest BCUT2D eigenvalue weighted by Crippen LogP contribution is -2.36. The standard InChI is InChI=1S/C19H14ClN9O/c20-11-2-1-6-29-15(11)8-14(27-29)17-16-12(23-10-24-16)4-7-28(17)19-26-25-18(30-19)13-3-5-21-9-22-13/h1-3,5-6,8-10,17H,4,7H2,(H,23,24). The number of anilines is 1. The molecule has 1 unspecified atom stereocenters. The van der Waals surface area contributed by atoms with Gasteiger partial charge in [-0.2, -0.15) is 5.10 Å².